The number of hydrogen-bond acceptors (Lipinski definition) is 6. The van der Waals surface area contributed by atoms with Crippen LogP contribution in [0.3, 0.4) is 0 Å². The molecule has 128 valence electrons. The molecule has 0 radical (unpaired) electrons. The zero-order valence-electron chi connectivity index (χ0n) is 14.1. The fourth-order valence-corrected chi connectivity index (χ4v) is 2.88. The summed E-state index contributed by atoms with van der Waals surface area (Å²) in [5.74, 6) is 1.40. The van der Waals surface area contributed by atoms with Gasteiger partial charge in [0, 0.05) is 31.6 Å². The van der Waals surface area contributed by atoms with Crippen LogP contribution in [0.5, 0.6) is 11.6 Å². The van der Waals surface area contributed by atoms with Gasteiger partial charge in [0.1, 0.15) is 24.8 Å². The van der Waals surface area contributed by atoms with Crippen molar-refractivity contribution < 1.29 is 14.6 Å². The molecule has 0 saturated heterocycles. The van der Waals surface area contributed by atoms with Gasteiger partial charge >= 0.3 is 0 Å². The lowest BCUT2D eigenvalue weighted by molar-refractivity contribution is 0.0630. The molecule has 24 heavy (non-hydrogen) atoms. The molecule has 6 heteroatoms. The molecule has 6 nitrogen and oxygen atoms in total. The zero-order valence-corrected chi connectivity index (χ0v) is 14.1. The van der Waals surface area contributed by atoms with Gasteiger partial charge in [0.05, 0.1) is 12.8 Å². The maximum Gasteiger partial charge on any atom is 0.220 e. The summed E-state index contributed by atoms with van der Waals surface area (Å²) in [6.45, 7) is 4.39. The lowest BCUT2D eigenvalue weighted by Gasteiger charge is -2.30. The molecule has 1 atom stereocenters. The van der Waals surface area contributed by atoms with E-state index in [9.17, 15) is 5.11 Å². The van der Waals surface area contributed by atoms with Crippen molar-refractivity contribution in [1.82, 2.24) is 14.9 Å². The fourth-order valence-electron chi connectivity index (χ4n) is 2.88. The van der Waals surface area contributed by atoms with Gasteiger partial charge in [-0.2, -0.15) is 0 Å². The molecular weight excluding hydrogens is 306 g/mol. The van der Waals surface area contributed by atoms with Crippen molar-refractivity contribution in [3.8, 4) is 11.6 Å². The molecule has 0 bridgehead atoms. The molecule has 1 N–H and O–H groups in total. The number of aromatic nitrogens is 2. The standard InChI is InChI=1S/C18H23N3O3/c1-13-3-5-15(6-4-13)24-11-14(22)9-21-8-7-17-16(10-21)18(23-2)20-12-19-17/h3-6,12,14,22H,7-11H2,1-2H3/t14-/m1/s1. The van der Waals surface area contributed by atoms with Crippen molar-refractivity contribution in [3.05, 3.63) is 47.4 Å². The summed E-state index contributed by atoms with van der Waals surface area (Å²) < 4.78 is 11.0. The van der Waals surface area contributed by atoms with E-state index in [4.69, 9.17) is 9.47 Å². The third-order valence-corrected chi connectivity index (χ3v) is 4.17. The van der Waals surface area contributed by atoms with Crippen molar-refractivity contribution in [2.24, 2.45) is 0 Å². The summed E-state index contributed by atoms with van der Waals surface area (Å²) in [6.07, 6.45) is 1.82. The van der Waals surface area contributed by atoms with E-state index in [0.717, 1.165) is 30.0 Å². The number of aryl methyl sites for hydroxylation is 1. The number of nitrogens with zero attached hydrogens (tertiary/aromatic N) is 3. The highest BCUT2D eigenvalue weighted by atomic mass is 16.5. The molecule has 0 spiro atoms. The number of aliphatic hydroxyl groups excluding tert-OH is 1. The van der Waals surface area contributed by atoms with Crippen LogP contribution >= 0.6 is 0 Å². The molecule has 1 aromatic carbocycles. The number of benzene rings is 1. The van der Waals surface area contributed by atoms with E-state index in [1.807, 2.05) is 31.2 Å². The van der Waals surface area contributed by atoms with Crippen LogP contribution < -0.4 is 9.47 Å². The summed E-state index contributed by atoms with van der Waals surface area (Å²) in [5, 5.41) is 10.3. The largest absolute Gasteiger partial charge is 0.491 e. The average Bonchev–Trinajstić information content (AvgIpc) is 2.60. The molecule has 0 unspecified atom stereocenters. The second-order valence-corrected chi connectivity index (χ2v) is 6.07. The molecule has 0 fully saturated rings. The second-order valence-electron chi connectivity index (χ2n) is 6.07. The molecule has 3 rings (SSSR count). The average molecular weight is 329 g/mol. The summed E-state index contributed by atoms with van der Waals surface area (Å²) in [7, 11) is 1.62. The molecule has 1 aliphatic rings. The Kier molecular flexibility index (Phi) is 5.27. The Morgan fingerprint density at radius 2 is 2.04 bits per heavy atom. The van der Waals surface area contributed by atoms with Gasteiger partial charge in [0.15, 0.2) is 0 Å². The topological polar surface area (TPSA) is 67.7 Å². The van der Waals surface area contributed by atoms with Crippen molar-refractivity contribution in [3.63, 3.8) is 0 Å². The number of β-amino-alcohol motifs (C(OH)–C–C–N with tert-alkyl or cyclic N) is 1. The van der Waals surface area contributed by atoms with Crippen LogP contribution in [-0.4, -0.2) is 52.9 Å². The van der Waals surface area contributed by atoms with E-state index in [1.54, 1.807) is 7.11 Å². The smallest absolute Gasteiger partial charge is 0.220 e. The van der Waals surface area contributed by atoms with Crippen molar-refractivity contribution in [1.29, 1.82) is 0 Å². The summed E-state index contributed by atoms with van der Waals surface area (Å²) in [5.41, 5.74) is 3.23. The van der Waals surface area contributed by atoms with Gasteiger partial charge in [-0.25, -0.2) is 9.97 Å². The summed E-state index contributed by atoms with van der Waals surface area (Å²) in [4.78, 5) is 10.7. The van der Waals surface area contributed by atoms with Crippen LogP contribution in [0.2, 0.25) is 0 Å². The van der Waals surface area contributed by atoms with Crippen molar-refractivity contribution >= 4 is 0 Å². The zero-order chi connectivity index (χ0) is 16.9. The molecule has 1 aromatic heterocycles. The first kappa shape index (κ1) is 16.7. The van der Waals surface area contributed by atoms with E-state index in [1.165, 1.54) is 11.9 Å². The lowest BCUT2D eigenvalue weighted by atomic mass is 10.1. The maximum atomic E-state index is 10.3. The Bertz CT molecular complexity index is 661. The number of rotatable bonds is 6. The van der Waals surface area contributed by atoms with Gasteiger partial charge in [-0.1, -0.05) is 17.7 Å². The van der Waals surface area contributed by atoms with Gasteiger partial charge in [0.2, 0.25) is 5.88 Å². The first-order valence-electron chi connectivity index (χ1n) is 8.12. The highest BCUT2D eigenvalue weighted by molar-refractivity contribution is 5.31. The van der Waals surface area contributed by atoms with Crippen LogP contribution in [0.1, 0.15) is 16.8 Å². The van der Waals surface area contributed by atoms with Crippen molar-refractivity contribution in [2.45, 2.75) is 26.0 Å². The van der Waals surface area contributed by atoms with Crippen LogP contribution in [0.25, 0.3) is 0 Å². The highest BCUT2D eigenvalue weighted by Crippen LogP contribution is 2.24. The molecule has 1 aliphatic heterocycles. The Balaban J connectivity index is 1.53. The monoisotopic (exact) mass is 329 g/mol. The minimum atomic E-state index is -0.552. The van der Waals surface area contributed by atoms with Crippen molar-refractivity contribution in [2.75, 3.05) is 26.8 Å². The molecule has 2 heterocycles. The predicted molar refractivity (Wildman–Crippen MR) is 90.2 cm³/mol. The quantitative estimate of drug-likeness (QED) is 0.868. The van der Waals surface area contributed by atoms with Crippen LogP contribution in [0.4, 0.5) is 0 Å². The van der Waals surface area contributed by atoms with Gasteiger partial charge < -0.3 is 14.6 Å². The van der Waals surface area contributed by atoms with E-state index < -0.39 is 6.10 Å². The van der Waals surface area contributed by atoms with E-state index in [-0.39, 0.29) is 6.61 Å². The third-order valence-electron chi connectivity index (χ3n) is 4.17. The van der Waals surface area contributed by atoms with Gasteiger partial charge in [-0.15, -0.1) is 0 Å². The number of fused-ring (bicyclic) bond motifs is 1. The molecular formula is C18H23N3O3. The molecule has 0 saturated carbocycles. The van der Waals surface area contributed by atoms with Crippen LogP contribution in [-0.2, 0) is 13.0 Å². The third kappa shape index (κ3) is 4.01. The number of aliphatic hydroxyl groups is 1. The SMILES string of the molecule is COc1ncnc2c1CN(C[C@@H](O)COc1ccc(C)cc1)CC2. The van der Waals surface area contributed by atoms with E-state index >= 15 is 0 Å². The van der Waals surface area contributed by atoms with E-state index in [2.05, 4.69) is 14.9 Å². The predicted octanol–water partition coefficient (Wildman–Crippen LogP) is 1.59. The van der Waals surface area contributed by atoms with E-state index in [0.29, 0.717) is 19.0 Å². The minimum Gasteiger partial charge on any atom is -0.491 e. The Morgan fingerprint density at radius 1 is 1.25 bits per heavy atom. The Morgan fingerprint density at radius 3 is 2.79 bits per heavy atom. The first-order chi connectivity index (χ1) is 11.7. The first-order valence-corrected chi connectivity index (χ1v) is 8.12. The Hall–Kier alpha value is -2.18. The van der Waals surface area contributed by atoms with Gasteiger partial charge in [-0.05, 0) is 19.1 Å². The molecule has 0 aliphatic carbocycles. The highest BCUT2D eigenvalue weighted by Gasteiger charge is 2.23. The van der Waals surface area contributed by atoms with Crippen LogP contribution in [0.15, 0.2) is 30.6 Å². The number of ether oxygens (including phenoxy) is 2. The lowest BCUT2D eigenvalue weighted by Crippen LogP contribution is -2.39. The minimum absolute atomic E-state index is 0.273. The normalized spacial score (nSPS) is 15.6. The molecule has 0 amide bonds. The van der Waals surface area contributed by atoms with Gasteiger partial charge in [-0.3, -0.25) is 4.90 Å². The van der Waals surface area contributed by atoms with Gasteiger partial charge in [0.25, 0.3) is 0 Å². The number of hydrogen-bond donors (Lipinski definition) is 1. The second kappa shape index (κ2) is 7.59. The number of methoxy groups -OCH3 is 1. The maximum absolute atomic E-state index is 10.3. The Labute approximate surface area is 142 Å². The molecule has 2 aromatic rings. The summed E-state index contributed by atoms with van der Waals surface area (Å²) >= 11 is 0. The van der Waals surface area contributed by atoms with Crippen LogP contribution in [0, 0.1) is 6.92 Å². The summed E-state index contributed by atoms with van der Waals surface area (Å²) in [6, 6.07) is 7.83. The fraction of sp³-hybridized carbons (Fsp3) is 0.444.